The maximum atomic E-state index is 10.8. The number of carbonyl (C=O) groups is 1. The van der Waals surface area contributed by atoms with Gasteiger partial charge in [0.2, 0.25) is 0 Å². The first-order valence-corrected chi connectivity index (χ1v) is 7.67. The van der Waals surface area contributed by atoms with Gasteiger partial charge in [0.15, 0.2) is 0 Å². The summed E-state index contributed by atoms with van der Waals surface area (Å²) in [6.07, 6.45) is 1.04. The van der Waals surface area contributed by atoms with Crippen LogP contribution in [0, 0.1) is 5.92 Å². The average molecular weight is 467 g/mol. The molecule has 1 atom stereocenters. The molecule has 12 heteroatoms. The van der Waals surface area contributed by atoms with Gasteiger partial charge >= 0.3 is 127 Å². The molecule has 0 bridgehead atoms. The van der Waals surface area contributed by atoms with Crippen LogP contribution < -0.4 is 0 Å². The minimum absolute atomic E-state index is 0. The fourth-order valence-corrected chi connectivity index (χ4v) is 1.56. The van der Waals surface area contributed by atoms with Gasteiger partial charge in [0.1, 0.15) is 0 Å². The zero-order valence-corrected chi connectivity index (χ0v) is 22.4. The molecule has 0 saturated carbocycles. The predicted molar refractivity (Wildman–Crippen MR) is 106 cm³/mol. The van der Waals surface area contributed by atoms with Gasteiger partial charge in [-0.1, -0.05) is 38.1 Å². The molecule has 0 aliphatic heterocycles. The van der Waals surface area contributed by atoms with Gasteiger partial charge in [-0.2, -0.15) is 0 Å². The Morgan fingerprint density at radius 1 is 1.00 bits per heavy atom. The molecule has 0 spiro atoms. The van der Waals surface area contributed by atoms with Crippen molar-refractivity contribution < 1.29 is 48.7 Å². The summed E-state index contributed by atoms with van der Waals surface area (Å²) in [6, 6.07) is 7.87. The summed E-state index contributed by atoms with van der Waals surface area (Å²) in [4.78, 5) is 32.3. The summed E-state index contributed by atoms with van der Waals surface area (Å²) in [5.74, 6) is -0.558. The van der Waals surface area contributed by atoms with E-state index in [-0.39, 0.29) is 133 Å². The van der Waals surface area contributed by atoms with E-state index in [1.165, 1.54) is 5.56 Å². The Hall–Kier alpha value is 2.50. The monoisotopic (exact) mass is 466 g/mol. The van der Waals surface area contributed by atoms with Gasteiger partial charge in [-0.3, -0.25) is 4.79 Å². The van der Waals surface area contributed by atoms with E-state index in [1.807, 2.05) is 24.3 Å². The molecule has 1 rings (SSSR count). The molecular weight excluding hydrogens is 435 g/mol. The van der Waals surface area contributed by atoms with Crippen LogP contribution in [0.15, 0.2) is 24.3 Å². The van der Waals surface area contributed by atoms with E-state index >= 15 is 0 Å². The van der Waals surface area contributed by atoms with Crippen LogP contribution in [0.1, 0.15) is 46.4 Å². The fraction of sp³-hybridized carbons (Fsp3) is 0.462. The van der Waals surface area contributed by atoms with Gasteiger partial charge in [0.05, 0.1) is 5.92 Å². The van der Waals surface area contributed by atoms with Crippen LogP contribution in [0.2, 0.25) is 0 Å². The number of carboxylic acids is 1. The van der Waals surface area contributed by atoms with Gasteiger partial charge in [-0.15, -0.1) is 0 Å². The van der Waals surface area contributed by atoms with Crippen molar-refractivity contribution in [3.63, 3.8) is 0 Å². The summed E-state index contributed by atoms with van der Waals surface area (Å²) < 4.78 is 8.88. The standard InChI is InChI=1S/C13H18O2.3Ca.H3O4P.2H2O.6H/c1-9(2)8-11-4-6-12(7-5-11)10(3)13(14)15;;;;1-5(2,3)4;;;;;;;;/h4-7,9-10H,8H2,1-3H3,(H,14,15);;;;(H3,1,2,3,4);2*1H2;;;;;;/q;3*+2;;;;6*-1. The molecule has 1 aromatic rings. The second kappa shape index (κ2) is 21.2. The average Bonchev–Trinajstić information content (AvgIpc) is 2.26. The van der Waals surface area contributed by atoms with Crippen molar-refractivity contribution in [2.75, 3.05) is 0 Å². The second-order valence-corrected chi connectivity index (χ2v) is 5.94. The van der Waals surface area contributed by atoms with Crippen molar-refractivity contribution in [1.29, 1.82) is 0 Å². The fourth-order valence-electron chi connectivity index (χ4n) is 1.56. The minimum Gasteiger partial charge on any atom is -1.00 e. The Morgan fingerprint density at radius 2 is 1.32 bits per heavy atom. The van der Waals surface area contributed by atoms with Crippen molar-refractivity contribution in [3.8, 4) is 0 Å². The molecule has 0 amide bonds. The first kappa shape index (κ1) is 41.8. The van der Waals surface area contributed by atoms with Gasteiger partial charge in [0.25, 0.3) is 0 Å². The van der Waals surface area contributed by atoms with E-state index < -0.39 is 19.7 Å². The van der Waals surface area contributed by atoms with Gasteiger partial charge in [0, 0.05) is 0 Å². The smallest absolute Gasteiger partial charge is 1.00 e. The molecular formula is C13H31Ca3O8P. The summed E-state index contributed by atoms with van der Waals surface area (Å²) in [5, 5.41) is 8.85. The number of benzene rings is 1. The Balaban J connectivity index is -0.0000000207. The maximum absolute atomic E-state index is 10.8. The summed E-state index contributed by atoms with van der Waals surface area (Å²) in [5.41, 5.74) is 2.14. The third-order valence-electron chi connectivity index (χ3n) is 2.49. The van der Waals surface area contributed by atoms with Gasteiger partial charge in [-0.05, 0) is 30.4 Å². The summed E-state index contributed by atoms with van der Waals surface area (Å²) in [6.45, 7) is 6.06. The van der Waals surface area contributed by atoms with E-state index in [0.717, 1.165) is 12.0 Å². The molecule has 0 aromatic heterocycles. The molecule has 8 N–H and O–H groups in total. The quantitative estimate of drug-likeness (QED) is 0.359. The van der Waals surface area contributed by atoms with E-state index in [4.69, 9.17) is 24.4 Å². The Labute approximate surface area is 246 Å². The van der Waals surface area contributed by atoms with Crippen LogP contribution in [0.3, 0.4) is 0 Å². The van der Waals surface area contributed by atoms with Crippen molar-refractivity contribution in [2.24, 2.45) is 5.92 Å². The van der Waals surface area contributed by atoms with Gasteiger partial charge < -0.3 is 39.3 Å². The molecule has 1 unspecified atom stereocenters. The maximum Gasteiger partial charge on any atom is 2.00 e. The van der Waals surface area contributed by atoms with Gasteiger partial charge in [-0.25, -0.2) is 4.57 Å². The van der Waals surface area contributed by atoms with E-state index in [0.29, 0.717) is 5.92 Å². The Kier molecular flexibility index (Phi) is 35.5. The van der Waals surface area contributed by atoms with Crippen LogP contribution in [0.25, 0.3) is 0 Å². The van der Waals surface area contributed by atoms with E-state index in [9.17, 15) is 4.79 Å². The molecule has 25 heavy (non-hydrogen) atoms. The molecule has 0 aliphatic carbocycles. The second-order valence-electron chi connectivity index (χ2n) is 4.91. The Bertz CT molecular complexity index is 492. The zero-order valence-electron chi connectivity index (χ0n) is 20.8. The van der Waals surface area contributed by atoms with Crippen LogP contribution >= 0.6 is 7.82 Å². The number of hydrogen-bond donors (Lipinski definition) is 4. The number of hydrogen-bond acceptors (Lipinski definition) is 2. The molecule has 0 saturated heterocycles. The molecule has 0 heterocycles. The molecule has 142 valence electrons. The van der Waals surface area contributed by atoms with E-state index in [2.05, 4.69) is 13.8 Å². The van der Waals surface area contributed by atoms with E-state index in [1.54, 1.807) is 6.92 Å². The topological polar surface area (TPSA) is 178 Å². The summed E-state index contributed by atoms with van der Waals surface area (Å²) >= 11 is 0. The Morgan fingerprint density at radius 3 is 1.56 bits per heavy atom. The number of rotatable bonds is 4. The zero-order chi connectivity index (χ0) is 15.9. The third kappa shape index (κ3) is 26.5. The van der Waals surface area contributed by atoms with Crippen LogP contribution in [0.5, 0.6) is 0 Å². The normalized spacial score (nSPS) is 10.0. The van der Waals surface area contributed by atoms with Crippen molar-refractivity contribution in [3.05, 3.63) is 35.4 Å². The summed E-state index contributed by atoms with van der Waals surface area (Å²) in [7, 11) is -4.64. The first-order chi connectivity index (χ1) is 9.00. The largest absolute Gasteiger partial charge is 2.00 e. The molecule has 8 nitrogen and oxygen atoms in total. The molecule has 1 aromatic carbocycles. The number of phosphoric acid groups is 1. The first-order valence-electron chi connectivity index (χ1n) is 6.10. The SMILES string of the molecule is CC(C)Cc1ccc(C(C)C(=O)O)cc1.O.O.O=P(O)(O)O.[Ca+2].[Ca+2].[Ca+2].[H-].[H-].[H-].[H-].[H-].[H-]. The third-order valence-corrected chi connectivity index (χ3v) is 2.49. The van der Waals surface area contributed by atoms with Crippen molar-refractivity contribution in [1.82, 2.24) is 0 Å². The van der Waals surface area contributed by atoms with Crippen LogP contribution in [-0.4, -0.2) is 150 Å². The number of carboxylic acid groups (broad SMARTS) is 1. The predicted octanol–water partition coefficient (Wildman–Crippen LogP) is 0.0278. The molecule has 0 fully saturated rings. The van der Waals surface area contributed by atoms with Crippen LogP contribution in [-0.2, 0) is 15.8 Å². The number of aliphatic carboxylic acids is 1. The van der Waals surface area contributed by atoms with Crippen molar-refractivity contribution in [2.45, 2.75) is 33.1 Å². The van der Waals surface area contributed by atoms with Crippen LogP contribution in [0.4, 0.5) is 0 Å². The molecule has 0 radical (unpaired) electrons. The minimum atomic E-state index is -4.64. The molecule has 0 aliphatic rings. The van der Waals surface area contributed by atoms with Crippen molar-refractivity contribution >= 4 is 127 Å².